The van der Waals surface area contributed by atoms with E-state index in [0.29, 0.717) is 4.31 Å². The maximum Gasteiger partial charge on any atom is 1.00 e. The van der Waals surface area contributed by atoms with Crippen molar-refractivity contribution in [3.63, 3.8) is 0 Å². The number of pyridine rings is 1. The van der Waals surface area contributed by atoms with Crippen molar-refractivity contribution < 1.29 is 47.9 Å². The third kappa shape index (κ3) is 3.05. The molecule has 2 aromatic rings. The molecule has 0 saturated heterocycles. The molecule has 1 aliphatic heterocycles. The minimum absolute atomic E-state index is 0. The van der Waals surface area contributed by atoms with E-state index >= 15 is 0 Å². The van der Waals surface area contributed by atoms with Gasteiger partial charge in [-0.25, -0.2) is 13.4 Å². The molecule has 1 amide bonds. The van der Waals surface area contributed by atoms with Gasteiger partial charge in [0.25, 0.3) is 15.9 Å². The fraction of sp³-hybridized carbons (Fsp3) is 0.0667. The zero-order valence-electron chi connectivity index (χ0n) is 13.1. The quantitative estimate of drug-likeness (QED) is 0.596. The molecule has 2 heterocycles. The van der Waals surface area contributed by atoms with Crippen molar-refractivity contribution in [3.8, 4) is 0 Å². The smallest absolute Gasteiger partial charge is 0.870 e. The van der Waals surface area contributed by atoms with Crippen LogP contribution in [0.1, 0.15) is 5.56 Å². The molecule has 9 heteroatoms. The third-order valence-corrected chi connectivity index (χ3v) is 5.24. The number of nitrogens with zero attached hydrogens (tertiary/aromatic N) is 2. The monoisotopic (exact) mass is 353 g/mol. The first-order chi connectivity index (χ1) is 10.9. The third-order valence-electron chi connectivity index (χ3n) is 3.42. The minimum Gasteiger partial charge on any atom is -0.870 e. The van der Waals surface area contributed by atoms with E-state index in [-0.39, 0.29) is 45.8 Å². The van der Waals surface area contributed by atoms with E-state index in [1.807, 2.05) is 0 Å². The number of benzene rings is 1. The van der Waals surface area contributed by atoms with Gasteiger partial charge in [0.1, 0.15) is 11.5 Å². The van der Waals surface area contributed by atoms with Crippen molar-refractivity contribution in [3.05, 3.63) is 59.9 Å². The van der Waals surface area contributed by atoms with E-state index < -0.39 is 27.4 Å². The summed E-state index contributed by atoms with van der Waals surface area (Å²) in [6, 6.07) is 10.7. The summed E-state index contributed by atoms with van der Waals surface area (Å²) in [5, 5.41) is 14.9. The van der Waals surface area contributed by atoms with Crippen molar-refractivity contribution in [1.29, 1.82) is 0 Å². The van der Waals surface area contributed by atoms with Gasteiger partial charge >= 0.3 is 29.6 Å². The van der Waals surface area contributed by atoms with Gasteiger partial charge in [-0.1, -0.05) is 30.0 Å². The molecule has 118 valence electrons. The topological polar surface area (TPSA) is 102 Å². The molecule has 24 heavy (non-hydrogen) atoms. The molecule has 1 aromatic heterocycles. The molecule has 0 bridgehead atoms. The number of hydrogen-bond donors (Lipinski definition) is 1. The van der Waals surface area contributed by atoms with Crippen molar-refractivity contribution >= 4 is 27.5 Å². The van der Waals surface area contributed by atoms with Crippen LogP contribution in [0.2, 0.25) is 0 Å². The van der Waals surface area contributed by atoms with Crippen LogP contribution < -0.4 is 40.0 Å². The molecule has 0 unspecified atom stereocenters. The number of nitrogens with one attached hydrogen (secondary N) is 1. The van der Waals surface area contributed by atoms with E-state index in [4.69, 9.17) is 0 Å². The normalized spacial score (nSPS) is 15.3. The average molecular weight is 353 g/mol. The second kappa shape index (κ2) is 6.94. The van der Waals surface area contributed by atoms with E-state index in [9.17, 15) is 18.3 Å². The maximum absolute atomic E-state index is 12.5. The fourth-order valence-electron chi connectivity index (χ4n) is 2.28. The summed E-state index contributed by atoms with van der Waals surface area (Å²) >= 11 is 0. The number of amides is 1. The van der Waals surface area contributed by atoms with Crippen molar-refractivity contribution in [2.24, 2.45) is 0 Å². The standard InChI is InChI=1S/C15H13N3O4S.Na/c1-18-13(15(20)17-12-8-4-5-9-16-12)14(19)10-6-2-3-7-11(10)23(18,21)22;/h2-9,19H,1H3,(H,16,17,20);/q;+1/p-1. The second-order valence-electron chi connectivity index (χ2n) is 4.82. The predicted molar refractivity (Wildman–Crippen MR) is 81.2 cm³/mol. The zero-order valence-corrected chi connectivity index (χ0v) is 15.9. The number of aromatic nitrogens is 1. The van der Waals surface area contributed by atoms with Crippen LogP contribution in [0.3, 0.4) is 0 Å². The van der Waals surface area contributed by atoms with Crippen LogP contribution in [0.5, 0.6) is 0 Å². The second-order valence-corrected chi connectivity index (χ2v) is 6.75. The van der Waals surface area contributed by atoms with Gasteiger partial charge in [-0.2, -0.15) is 0 Å². The molecule has 0 saturated carbocycles. The van der Waals surface area contributed by atoms with Crippen LogP contribution in [0.4, 0.5) is 5.82 Å². The Labute approximate surface area is 161 Å². The number of rotatable bonds is 2. The molecule has 0 atom stereocenters. The molecule has 7 nitrogen and oxygen atoms in total. The Morgan fingerprint density at radius 3 is 2.50 bits per heavy atom. The first-order valence-electron chi connectivity index (χ1n) is 6.65. The zero-order chi connectivity index (χ0) is 16.6. The summed E-state index contributed by atoms with van der Waals surface area (Å²) in [5.74, 6) is -1.25. The minimum atomic E-state index is -3.95. The van der Waals surface area contributed by atoms with Crippen LogP contribution in [0.15, 0.2) is 59.3 Å². The van der Waals surface area contributed by atoms with E-state index in [1.165, 1.54) is 37.5 Å². The number of fused-ring (bicyclic) bond motifs is 1. The number of hydrogen-bond acceptors (Lipinski definition) is 5. The Morgan fingerprint density at radius 1 is 1.17 bits per heavy atom. The average Bonchev–Trinajstić information content (AvgIpc) is 2.54. The van der Waals surface area contributed by atoms with Gasteiger partial charge in [0.2, 0.25) is 0 Å². The van der Waals surface area contributed by atoms with E-state index in [2.05, 4.69) is 10.3 Å². The summed E-state index contributed by atoms with van der Waals surface area (Å²) in [6.07, 6.45) is 1.47. The SMILES string of the molecule is CN1C(C(=O)Nc2ccccn2)=C([O-])c2ccccc2S1(=O)=O.[Na+]. The molecular formula is C15H12N3NaO4S. The number of anilines is 1. The molecule has 0 fully saturated rings. The number of carbonyl (C=O) groups excluding carboxylic acids is 1. The van der Waals surface area contributed by atoms with Crippen LogP contribution in [-0.2, 0) is 14.8 Å². The molecule has 0 aliphatic carbocycles. The van der Waals surface area contributed by atoms with Gasteiger partial charge in [0.05, 0.1) is 4.90 Å². The number of carbonyl (C=O) groups is 1. The summed E-state index contributed by atoms with van der Waals surface area (Å²) in [4.78, 5) is 16.2. The summed E-state index contributed by atoms with van der Waals surface area (Å²) < 4.78 is 25.7. The predicted octanol–water partition coefficient (Wildman–Crippen LogP) is -2.61. The van der Waals surface area contributed by atoms with Crippen molar-refractivity contribution in [2.45, 2.75) is 4.90 Å². The van der Waals surface area contributed by atoms with Crippen LogP contribution in [-0.4, -0.2) is 30.7 Å². The van der Waals surface area contributed by atoms with Crippen molar-refractivity contribution in [1.82, 2.24) is 9.29 Å². The Hall–Kier alpha value is -1.87. The molecule has 1 N–H and O–H groups in total. The van der Waals surface area contributed by atoms with Crippen LogP contribution >= 0.6 is 0 Å². The Balaban J connectivity index is 0.00000208. The number of likely N-dealkylation sites (N-methyl/N-ethyl adjacent to an activating group) is 1. The largest absolute Gasteiger partial charge is 1.00 e. The van der Waals surface area contributed by atoms with Gasteiger partial charge in [-0.15, -0.1) is 0 Å². The van der Waals surface area contributed by atoms with E-state index in [0.717, 1.165) is 0 Å². The van der Waals surface area contributed by atoms with Crippen LogP contribution in [0.25, 0.3) is 5.76 Å². The van der Waals surface area contributed by atoms with Gasteiger partial charge in [0.15, 0.2) is 0 Å². The van der Waals surface area contributed by atoms with Gasteiger partial charge in [-0.05, 0) is 23.8 Å². The Morgan fingerprint density at radius 2 is 1.83 bits per heavy atom. The van der Waals surface area contributed by atoms with Gasteiger partial charge in [0, 0.05) is 13.2 Å². The fourth-order valence-corrected chi connectivity index (χ4v) is 3.67. The molecule has 0 spiro atoms. The van der Waals surface area contributed by atoms with E-state index in [1.54, 1.807) is 18.2 Å². The molecule has 1 aliphatic rings. The van der Waals surface area contributed by atoms with Crippen molar-refractivity contribution in [2.75, 3.05) is 12.4 Å². The summed E-state index contributed by atoms with van der Waals surface area (Å²) in [6.45, 7) is 0. The van der Waals surface area contributed by atoms with Crippen LogP contribution in [0, 0.1) is 0 Å². The molecule has 0 radical (unpaired) electrons. The Kier molecular flexibility index (Phi) is 5.34. The molecular weight excluding hydrogens is 341 g/mol. The molecule has 3 rings (SSSR count). The summed E-state index contributed by atoms with van der Waals surface area (Å²) in [7, 11) is -2.77. The maximum atomic E-state index is 12.5. The van der Waals surface area contributed by atoms with Gasteiger partial charge in [-0.3, -0.25) is 9.10 Å². The Bertz CT molecular complexity index is 913. The number of sulfonamides is 1. The molecule has 1 aromatic carbocycles. The first kappa shape index (κ1) is 18.5. The first-order valence-corrected chi connectivity index (χ1v) is 8.09. The van der Waals surface area contributed by atoms with Gasteiger partial charge < -0.3 is 10.4 Å². The summed E-state index contributed by atoms with van der Waals surface area (Å²) in [5.41, 5.74) is -0.480.